The second-order valence-corrected chi connectivity index (χ2v) is 5.08. The second-order valence-electron chi connectivity index (χ2n) is 3.94. The molecule has 1 aliphatic heterocycles. The number of benzene rings is 1. The van der Waals surface area contributed by atoms with E-state index in [-0.39, 0.29) is 0 Å². The molecule has 2 rings (SSSR count). The van der Waals surface area contributed by atoms with Gasteiger partial charge in [-0.2, -0.15) is 0 Å². The van der Waals surface area contributed by atoms with Gasteiger partial charge in [-0.15, -0.1) is 11.8 Å². The van der Waals surface area contributed by atoms with E-state index in [4.69, 9.17) is 4.74 Å². The molecule has 0 spiro atoms. The maximum atomic E-state index is 10.5. The van der Waals surface area contributed by atoms with Crippen molar-refractivity contribution < 1.29 is 9.84 Å². The van der Waals surface area contributed by atoms with Gasteiger partial charge in [0.15, 0.2) is 0 Å². The van der Waals surface area contributed by atoms with Crippen LogP contribution in [0.5, 0.6) is 5.75 Å². The Morgan fingerprint density at radius 2 is 2.38 bits per heavy atom. The molecular weight excluding hydrogens is 220 g/mol. The lowest BCUT2D eigenvalue weighted by atomic mass is 9.89. The minimum Gasteiger partial charge on any atom is -0.497 e. The molecule has 0 radical (unpaired) electrons. The van der Waals surface area contributed by atoms with E-state index in [0.717, 1.165) is 34.8 Å². The molecule has 0 aliphatic carbocycles. The molecule has 0 fully saturated rings. The highest BCUT2D eigenvalue weighted by atomic mass is 32.2. The summed E-state index contributed by atoms with van der Waals surface area (Å²) >= 11 is 1.77. The van der Waals surface area contributed by atoms with Crippen molar-refractivity contribution in [3.05, 3.63) is 36.4 Å². The third-order valence-electron chi connectivity index (χ3n) is 2.95. The zero-order valence-corrected chi connectivity index (χ0v) is 10.2. The van der Waals surface area contributed by atoms with Crippen LogP contribution in [0.3, 0.4) is 0 Å². The molecule has 1 N–H and O–H groups in total. The first-order valence-electron chi connectivity index (χ1n) is 5.37. The van der Waals surface area contributed by atoms with E-state index >= 15 is 0 Å². The van der Waals surface area contributed by atoms with Crippen molar-refractivity contribution in [2.75, 3.05) is 12.9 Å². The van der Waals surface area contributed by atoms with Gasteiger partial charge in [0, 0.05) is 10.5 Å². The maximum absolute atomic E-state index is 10.5. The lowest BCUT2D eigenvalue weighted by Crippen LogP contribution is -2.22. The average molecular weight is 236 g/mol. The summed E-state index contributed by atoms with van der Waals surface area (Å²) in [6.07, 6.45) is 3.37. The monoisotopic (exact) mass is 236 g/mol. The first kappa shape index (κ1) is 11.6. The highest BCUT2D eigenvalue weighted by molar-refractivity contribution is 7.99. The van der Waals surface area contributed by atoms with E-state index in [1.54, 1.807) is 24.9 Å². The molecule has 0 saturated carbocycles. The molecule has 0 amide bonds. The van der Waals surface area contributed by atoms with Gasteiger partial charge in [-0.05, 0) is 30.7 Å². The largest absolute Gasteiger partial charge is 0.497 e. The second kappa shape index (κ2) is 4.52. The van der Waals surface area contributed by atoms with Gasteiger partial charge in [0.2, 0.25) is 0 Å². The van der Waals surface area contributed by atoms with Crippen molar-refractivity contribution in [3.63, 3.8) is 0 Å². The van der Waals surface area contributed by atoms with Crippen LogP contribution in [-0.4, -0.2) is 18.0 Å². The number of thioether (sulfide) groups is 1. The molecule has 1 aromatic rings. The quantitative estimate of drug-likeness (QED) is 0.801. The van der Waals surface area contributed by atoms with Gasteiger partial charge >= 0.3 is 0 Å². The van der Waals surface area contributed by atoms with E-state index in [1.807, 2.05) is 18.2 Å². The number of ether oxygens (including phenoxy) is 1. The highest BCUT2D eigenvalue weighted by Gasteiger charge is 2.30. The summed E-state index contributed by atoms with van der Waals surface area (Å²) < 4.78 is 5.20. The van der Waals surface area contributed by atoms with E-state index in [0.29, 0.717) is 0 Å². The standard InChI is InChI=1S/C13H16O2S/c1-3-13(14)7-4-8-16-12-9-10(15-2)5-6-11(12)13/h3,5-6,9,14H,1,4,7-8H2,2H3/t13-/m1/s1. The minimum absolute atomic E-state index is 0.739. The van der Waals surface area contributed by atoms with Crippen LogP contribution < -0.4 is 4.74 Å². The topological polar surface area (TPSA) is 29.5 Å². The zero-order valence-electron chi connectivity index (χ0n) is 9.40. The molecule has 0 bridgehead atoms. The molecule has 0 saturated heterocycles. The predicted molar refractivity (Wildman–Crippen MR) is 67.0 cm³/mol. The van der Waals surface area contributed by atoms with E-state index in [9.17, 15) is 5.11 Å². The van der Waals surface area contributed by atoms with Gasteiger partial charge in [-0.25, -0.2) is 0 Å². The van der Waals surface area contributed by atoms with Crippen LogP contribution in [0.25, 0.3) is 0 Å². The molecule has 1 heterocycles. The van der Waals surface area contributed by atoms with E-state index < -0.39 is 5.60 Å². The van der Waals surface area contributed by atoms with E-state index in [2.05, 4.69) is 6.58 Å². The van der Waals surface area contributed by atoms with Crippen molar-refractivity contribution in [3.8, 4) is 5.75 Å². The zero-order chi connectivity index (χ0) is 11.6. The average Bonchev–Trinajstić information content (AvgIpc) is 2.49. The summed E-state index contributed by atoms with van der Waals surface area (Å²) in [5.74, 6) is 1.86. The number of aliphatic hydroxyl groups is 1. The van der Waals surface area contributed by atoms with Gasteiger partial charge < -0.3 is 9.84 Å². The Hall–Kier alpha value is -0.930. The smallest absolute Gasteiger partial charge is 0.120 e. The lowest BCUT2D eigenvalue weighted by Gasteiger charge is -2.24. The summed E-state index contributed by atoms with van der Waals surface area (Å²) in [5, 5.41) is 10.5. The Morgan fingerprint density at radius 3 is 3.06 bits per heavy atom. The fourth-order valence-corrected chi connectivity index (χ4v) is 3.09. The minimum atomic E-state index is -0.884. The summed E-state index contributed by atoms with van der Waals surface area (Å²) in [4.78, 5) is 1.10. The van der Waals surface area contributed by atoms with Crippen molar-refractivity contribution in [2.24, 2.45) is 0 Å². The van der Waals surface area contributed by atoms with Crippen molar-refractivity contribution in [1.29, 1.82) is 0 Å². The number of hydrogen-bond donors (Lipinski definition) is 1. The number of methoxy groups -OCH3 is 1. The third-order valence-corrected chi connectivity index (χ3v) is 4.09. The maximum Gasteiger partial charge on any atom is 0.120 e. The van der Waals surface area contributed by atoms with Crippen molar-refractivity contribution in [1.82, 2.24) is 0 Å². The van der Waals surface area contributed by atoms with E-state index in [1.165, 1.54) is 0 Å². The summed E-state index contributed by atoms with van der Waals surface area (Å²) in [6, 6.07) is 5.81. The SMILES string of the molecule is C=C[C@@]1(O)CCCSc2cc(OC)ccc21. The van der Waals surface area contributed by atoms with Gasteiger partial charge in [0.05, 0.1) is 7.11 Å². The molecule has 3 heteroatoms. The molecule has 1 atom stereocenters. The van der Waals surface area contributed by atoms with Crippen LogP contribution in [0.2, 0.25) is 0 Å². The number of hydrogen-bond acceptors (Lipinski definition) is 3. The Bertz CT molecular complexity index is 403. The first-order valence-corrected chi connectivity index (χ1v) is 6.35. The molecular formula is C13H16O2S. The number of fused-ring (bicyclic) bond motifs is 1. The molecule has 1 aliphatic rings. The van der Waals surface area contributed by atoms with Crippen LogP contribution in [0.1, 0.15) is 18.4 Å². The molecule has 1 aromatic carbocycles. The Morgan fingerprint density at radius 1 is 1.56 bits per heavy atom. The Labute approximate surface area is 100 Å². The molecule has 0 aromatic heterocycles. The Balaban J connectivity index is 2.50. The third kappa shape index (κ3) is 1.97. The van der Waals surface area contributed by atoms with Crippen LogP contribution >= 0.6 is 11.8 Å². The van der Waals surface area contributed by atoms with Crippen LogP contribution in [-0.2, 0) is 5.60 Å². The lowest BCUT2D eigenvalue weighted by molar-refractivity contribution is 0.0776. The summed E-state index contributed by atoms with van der Waals surface area (Å²) in [7, 11) is 1.66. The van der Waals surface area contributed by atoms with Gasteiger partial charge in [0.25, 0.3) is 0 Å². The predicted octanol–water partition coefficient (Wildman–Crippen LogP) is 2.95. The van der Waals surface area contributed by atoms with Crippen molar-refractivity contribution >= 4 is 11.8 Å². The van der Waals surface area contributed by atoms with Crippen LogP contribution in [0.15, 0.2) is 35.7 Å². The molecule has 2 nitrogen and oxygen atoms in total. The Kier molecular flexibility index (Phi) is 3.26. The fourth-order valence-electron chi connectivity index (χ4n) is 1.98. The van der Waals surface area contributed by atoms with Crippen LogP contribution in [0.4, 0.5) is 0 Å². The van der Waals surface area contributed by atoms with Gasteiger partial charge in [0.1, 0.15) is 11.4 Å². The van der Waals surface area contributed by atoms with Gasteiger partial charge in [-0.1, -0.05) is 18.7 Å². The summed E-state index contributed by atoms with van der Waals surface area (Å²) in [5.41, 5.74) is 0.0660. The first-order chi connectivity index (χ1) is 7.69. The van der Waals surface area contributed by atoms with Crippen LogP contribution in [0, 0.1) is 0 Å². The van der Waals surface area contributed by atoms with Crippen molar-refractivity contribution in [2.45, 2.75) is 23.3 Å². The molecule has 0 unspecified atom stereocenters. The highest BCUT2D eigenvalue weighted by Crippen LogP contribution is 2.40. The van der Waals surface area contributed by atoms with Gasteiger partial charge in [-0.3, -0.25) is 0 Å². The number of rotatable bonds is 2. The molecule has 86 valence electrons. The molecule has 16 heavy (non-hydrogen) atoms. The summed E-state index contributed by atoms with van der Waals surface area (Å²) in [6.45, 7) is 3.75. The fraction of sp³-hybridized carbons (Fsp3) is 0.385. The normalized spacial score (nSPS) is 24.4.